The zero-order valence-electron chi connectivity index (χ0n) is 11.9. The van der Waals surface area contributed by atoms with E-state index >= 15 is 0 Å². The van der Waals surface area contributed by atoms with E-state index in [0.717, 1.165) is 0 Å². The summed E-state index contributed by atoms with van der Waals surface area (Å²) in [4.78, 5) is 10.3. The van der Waals surface area contributed by atoms with E-state index < -0.39 is 11.5 Å². The van der Waals surface area contributed by atoms with Gasteiger partial charge in [0.05, 0.1) is 17.1 Å². The summed E-state index contributed by atoms with van der Waals surface area (Å²) >= 11 is 0. The predicted octanol–water partition coefficient (Wildman–Crippen LogP) is 4.00. The molecule has 2 aromatic rings. The summed E-state index contributed by atoms with van der Waals surface area (Å²) < 4.78 is 5.66. The smallest absolute Gasteiger partial charge is 0.275 e. The Morgan fingerprint density at radius 3 is 2.29 bits per heavy atom. The number of hydrogen-bond donors (Lipinski definition) is 1. The normalized spacial score (nSPS) is 10.7. The maximum atomic E-state index is 10.8. The number of ether oxygens (including phenoxy) is 1. The minimum absolute atomic E-state index is 0.111. The highest BCUT2D eigenvalue weighted by Gasteiger charge is 2.14. The second-order valence-corrected chi connectivity index (χ2v) is 5.03. The van der Waals surface area contributed by atoms with Crippen LogP contribution in [0.4, 0.5) is 5.69 Å². The maximum absolute atomic E-state index is 10.8. The number of hydrogen-bond acceptors (Lipinski definition) is 4. The second kappa shape index (κ2) is 6.37. The van der Waals surface area contributed by atoms with Crippen molar-refractivity contribution in [3.63, 3.8) is 0 Å². The summed E-state index contributed by atoms with van der Waals surface area (Å²) in [5.41, 5.74) is 1.33. The summed E-state index contributed by atoms with van der Waals surface area (Å²) in [6, 6.07) is 12.0. The first-order valence-electron chi connectivity index (χ1n) is 6.67. The average Bonchev–Trinajstić information content (AvgIpc) is 2.47. The first-order chi connectivity index (χ1) is 10.0. The number of nitrogens with zero attached hydrogens (tertiary/aromatic N) is 1. The van der Waals surface area contributed by atoms with E-state index in [1.54, 1.807) is 0 Å². The van der Waals surface area contributed by atoms with Crippen molar-refractivity contribution in [2.24, 2.45) is 0 Å². The number of nitro benzene ring substituents is 1. The molecule has 0 atom stereocenters. The first-order valence-corrected chi connectivity index (χ1v) is 6.67. The number of aliphatic hydroxyl groups excluding tert-OH is 1. The predicted molar refractivity (Wildman–Crippen MR) is 79.6 cm³/mol. The largest absolute Gasteiger partial charge is 0.457 e. The molecular weight excluding hydrogens is 270 g/mol. The quantitative estimate of drug-likeness (QED) is 0.666. The molecule has 0 bridgehead atoms. The van der Waals surface area contributed by atoms with Gasteiger partial charge >= 0.3 is 0 Å². The maximum Gasteiger partial charge on any atom is 0.275 e. The summed E-state index contributed by atoms with van der Waals surface area (Å²) in [6.07, 6.45) is 0. The molecule has 5 nitrogen and oxygen atoms in total. The fourth-order valence-electron chi connectivity index (χ4n) is 1.99. The summed E-state index contributed by atoms with van der Waals surface area (Å²) in [7, 11) is 0. The van der Waals surface area contributed by atoms with Crippen LogP contribution in [0.1, 0.15) is 30.9 Å². The van der Waals surface area contributed by atoms with E-state index in [2.05, 4.69) is 13.8 Å². The number of aliphatic hydroxyl groups is 1. The van der Waals surface area contributed by atoms with Crippen molar-refractivity contribution in [3.05, 3.63) is 63.7 Å². The molecule has 2 aromatic carbocycles. The molecule has 0 saturated carbocycles. The van der Waals surface area contributed by atoms with Crippen molar-refractivity contribution in [1.82, 2.24) is 0 Å². The standard InChI is InChI=1S/C16H17NO4/c1-11(2)12-3-5-14(6-4-12)21-15-7-8-16(17(19)20)13(9-15)10-18/h3-9,11,18H,10H2,1-2H3. The monoisotopic (exact) mass is 287 g/mol. The van der Waals surface area contributed by atoms with Crippen molar-refractivity contribution >= 4 is 5.69 Å². The molecule has 2 rings (SSSR count). The highest BCUT2D eigenvalue weighted by Crippen LogP contribution is 2.28. The molecule has 0 heterocycles. The highest BCUT2D eigenvalue weighted by molar-refractivity contribution is 5.46. The third kappa shape index (κ3) is 3.58. The fraction of sp³-hybridized carbons (Fsp3) is 0.250. The molecule has 0 radical (unpaired) electrons. The molecule has 21 heavy (non-hydrogen) atoms. The number of rotatable bonds is 5. The molecule has 0 fully saturated rings. The van der Waals surface area contributed by atoms with Crippen LogP contribution in [0.25, 0.3) is 0 Å². The lowest BCUT2D eigenvalue weighted by atomic mass is 10.0. The zero-order valence-corrected chi connectivity index (χ0v) is 11.9. The van der Waals surface area contributed by atoms with Crippen LogP contribution in [-0.4, -0.2) is 10.0 Å². The zero-order chi connectivity index (χ0) is 15.4. The van der Waals surface area contributed by atoms with E-state index in [1.165, 1.54) is 23.8 Å². The Balaban J connectivity index is 2.21. The van der Waals surface area contributed by atoms with E-state index in [-0.39, 0.29) is 11.3 Å². The van der Waals surface area contributed by atoms with Gasteiger partial charge in [0.25, 0.3) is 5.69 Å². The van der Waals surface area contributed by atoms with Gasteiger partial charge in [-0.05, 0) is 35.7 Å². The molecule has 110 valence electrons. The van der Waals surface area contributed by atoms with Crippen LogP contribution >= 0.6 is 0 Å². The Labute approximate surface area is 123 Å². The van der Waals surface area contributed by atoms with E-state index in [0.29, 0.717) is 17.4 Å². The molecular formula is C16H17NO4. The van der Waals surface area contributed by atoms with Gasteiger partial charge in [-0.25, -0.2) is 0 Å². The summed E-state index contributed by atoms with van der Waals surface area (Å²) in [5, 5.41) is 20.0. The first kappa shape index (κ1) is 15.0. The van der Waals surface area contributed by atoms with Crippen molar-refractivity contribution in [1.29, 1.82) is 0 Å². The van der Waals surface area contributed by atoms with E-state index in [9.17, 15) is 15.2 Å². The van der Waals surface area contributed by atoms with Crippen LogP contribution in [-0.2, 0) is 6.61 Å². The van der Waals surface area contributed by atoms with Crippen LogP contribution < -0.4 is 4.74 Å². The van der Waals surface area contributed by atoms with E-state index in [1.807, 2.05) is 24.3 Å². The molecule has 1 N–H and O–H groups in total. The highest BCUT2D eigenvalue weighted by atomic mass is 16.6. The van der Waals surface area contributed by atoms with Crippen molar-refractivity contribution in [3.8, 4) is 11.5 Å². The lowest BCUT2D eigenvalue weighted by Crippen LogP contribution is -1.96. The second-order valence-electron chi connectivity index (χ2n) is 5.03. The molecule has 5 heteroatoms. The van der Waals surface area contributed by atoms with Crippen LogP contribution in [0.2, 0.25) is 0 Å². The lowest BCUT2D eigenvalue weighted by Gasteiger charge is -2.09. The Bertz CT molecular complexity index is 635. The van der Waals surface area contributed by atoms with E-state index in [4.69, 9.17) is 4.74 Å². The Morgan fingerprint density at radius 2 is 1.76 bits per heavy atom. The molecule has 0 aromatic heterocycles. The molecule has 0 amide bonds. The molecule has 0 unspecified atom stereocenters. The van der Waals surface area contributed by atoms with Gasteiger partial charge in [-0.15, -0.1) is 0 Å². The Morgan fingerprint density at radius 1 is 1.14 bits per heavy atom. The van der Waals surface area contributed by atoms with Crippen molar-refractivity contribution in [2.45, 2.75) is 26.4 Å². The van der Waals surface area contributed by atoms with Crippen LogP contribution in [0, 0.1) is 10.1 Å². The minimum Gasteiger partial charge on any atom is -0.457 e. The van der Waals surface area contributed by atoms with Crippen molar-refractivity contribution in [2.75, 3.05) is 0 Å². The van der Waals surface area contributed by atoms with Gasteiger partial charge < -0.3 is 9.84 Å². The summed E-state index contributed by atoms with van der Waals surface area (Å²) in [5.74, 6) is 1.55. The summed E-state index contributed by atoms with van der Waals surface area (Å²) in [6.45, 7) is 3.82. The number of nitro groups is 1. The topological polar surface area (TPSA) is 72.6 Å². The molecule has 0 aliphatic heterocycles. The van der Waals surface area contributed by atoms with Gasteiger partial charge in [-0.3, -0.25) is 10.1 Å². The average molecular weight is 287 g/mol. The molecule has 0 saturated heterocycles. The SMILES string of the molecule is CC(C)c1ccc(Oc2ccc([N+](=O)[O-])c(CO)c2)cc1. The van der Waals surface area contributed by atoms with Gasteiger partial charge in [0, 0.05) is 6.07 Å². The Kier molecular flexibility index (Phi) is 4.55. The van der Waals surface area contributed by atoms with Crippen LogP contribution in [0.5, 0.6) is 11.5 Å². The fourth-order valence-corrected chi connectivity index (χ4v) is 1.99. The third-order valence-electron chi connectivity index (χ3n) is 3.20. The van der Waals surface area contributed by atoms with Crippen molar-refractivity contribution < 1.29 is 14.8 Å². The molecule has 0 spiro atoms. The van der Waals surface area contributed by atoms with Gasteiger partial charge in [-0.2, -0.15) is 0 Å². The lowest BCUT2D eigenvalue weighted by molar-refractivity contribution is -0.385. The van der Waals surface area contributed by atoms with Crippen LogP contribution in [0.15, 0.2) is 42.5 Å². The number of benzene rings is 2. The van der Waals surface area contributed by atoms with Gasteiger partial charge in [-0.1, -0.05) is 26.0 Å². The molecule has 0 aliphatic rings. The third-order valence-corrected chi connectivity index (χ3v) is 3.20. The van der Waals surface area contributed by atoms with Gasteiger partial charge in [0.2, 0.25) is 0 Å². The minimum atomic E-state index is -0.521. The Hall–Kier alpha value is -2.40. The van der Waals surface area contributed by atoms with Gasteiger partial charge in [0.1, 0.15) is 11.5 Å². The van der Waals surface area contributed by atoms with Gasteiger partial charge in [0.15, 0.2) is 0 Å². The molecule has 0 aliphatic carbocycles. The van der Waals surface area contributed by atoms with Crippen LogP contribution in [0.3, 0.4) is 0 Å².